The van der Waals surface area contributed by atoms with E-state index in [1.54, 1.807) is 0 Å². The highest BCUT2D eigenvalue weighted by molar-refractivity contribution is 5.85. The molecule has 2 aliphatic rings. The molecule has 2 unspecified atom stereocenters. The molecule has 1 amide bonds. The summed E-state index contributed by atoms with van der Waals surface area (Å²) in [7, 11) is 1.99. The third-order valence-corrected chi connectivity index (χ3v) is 5.69. The number of piperidine rings is 1. The second kappa shape index (κ2) is 11.1. The van der Waals surface area contributed by atoms with Crippen LogP contribution in [0.5, 0.6) is 0 Å². The zero-order valence-electron chi connectivity index (χ0n) is 15.5. The second-order valence-corrected chi connectivity index (χ2v) is 7.36. The summed E-state index contributed by atoms with van der Waals surface area (Å²) in [5, 5.41) is 0. The number of likely N-dealkylation sites (tertiary alicyclic amines) is 1. The molecular formula is C19H32Cl2N4O. The number of carbonyl (C=O) groups excluding carboxylic acids is 1. The van der Waals surface area contributed by atoms with E-state index in [0.29, 0.717) is 11.9 Å². The normalized spacial score (nSPS) is 23.8. The minimum absolute atomic E-state index is 0. The highest BCUT2D eigenvalue weighted by Crippen LogP contribution is 2.27. The molecule has 26 heavy (non-hydrogen) atoms. The fourth-order valence-corrected chi connectivity index (χ4v) is 4.06. The Labute approximate surface area is 169 Å². The van der Waals surface area contributed by atoms with Crippen molar-refractivity contribution in [1.82, 2.24) is 14.8 Å². The van der Waals surface area contributed by atoms with Crippen molar-refractivity contribution >= 4 is 30.7 Å². The first-order chi connectivity index (χ1) is 11.6. The van der Waals surface area contributed by atoms with E-state index in [-0.39, 0.29) is 36.8 Å². The molecule has 1 aromatic rings. The summed E-state index contributed by atoms with van der Waals surface area (Å²) in [5.74, 6) is 0.474. The Balaban J connectivity index is 0.00000169. The molecule has 0 radical (unpaired) electrons. The number of pyridine rings is 1. The fraction of sp³-hybridized carbons (Fsp3) is 0.684. The van der Waals surface area contributed by atoms with Crippen molar-refractivity contribution in [1.29, 1.82) is 0 Å². The highest BCUT2D eigenvalue weighted by Gasteiger charge is 2.33. The van der Waals surface area contributed by atoms with Crippen LogP contribution in [0.2, 0.25) is 0 Å². The highest BCUT2D eigenvalue weighted by atomic mass is 35.5. The minimum atomic E-state index is 0. The molecule has 2 atom stereocenters. The molecule has 1 aliphatic carbocycles. The van der Waals surface area contributed by atoms with Crippen molar-refractivity contribution < 1.29 is 4.79 Å². The maximum Gasteiger partial charge on any atom is 0.225 e. The predicted octanol–water partition coefficient (Wildman–Crippen LogP) is 2.52. The van der Waals surface area contributed by atoms with Crippen LogP contribution in [-0.2, 0) is 11.2 Å². The van der Waals surface area contributed by atoms with Gasteiger partial charge < -0.3 is 15.5 Å². The van der Waals surface area contributed by atoms with Gasteiger partial charge in [0, 0.05) is 63.0 Å². The molecule has 1 aliphatic heterocycles. The monoisotopic (exact) mass is 402 g/mol. The minimum Gasteiger partial charge on any atom is -0.342 e. The Morgan fingerprint density at radius 2 is 1.96 bits per heavy atom. The third-order valence-electron chi connectivity index (χ3n) is 5.69. The summed E-state index contributed by atoms with van der Waals surface area (Å²) in [6.07, 6.45) is 7.83. The number of hydrogen-bond acceptors (Lipinski definition) is 4. The fourth-order valence-electron chi connectivity index (χ4n) is 4.06. The van der Waals surface area contributed by atoms with Gasteiger partial charge in [-0.1, -0.05) is 6.07 Å². The van der Waals surface area contributed by atoms with Crippen LogP contribution in [0.15, 0.2) is 24.4 Å². The molecule has 1 saturated heterocycles. The molecule has 3 rings (SSSR count). The Kier molecular flexibility index (Phi) is 9.86. The second-order valence-electron chi connectivity index (χ2n) is 7.36. The summed E-state index contributed by atoms with van der Waals surface area (Å²) in [4.78, 5) is 21.5. The van der Waals surface area contributed by atoms with Crippen molar-refractivity contribution in [2.24, 2.45) is 11.7 Å². The molecule has 5 nitrogen and oxygen atoms in total. The van der Waals surface area contributed by atoms with E-state index >= 15 is 0 Å². The lowest BCUT2D eigenvalue weighted by Crippen LogP contribution is -2.47. The standard InChI is InChI=1S/C19H30N4O.2ClH/c1-22(19(24)15-5-6-16(20)14-15)18-8-12-23(13-9-18)11-7-17-4-2-3-10-21-17;;/h2-4,10,15-16,18H,5-9,11-14,20H2,1H3;2*1H. The molecule has 0 aromatic carbocycles. The van der Waals surface area contributed by atoms with Crippen LogP contribution in [0.25, 0.3) is 0 Å². The average Bonchev–Trinajstić information content (AvgIpc) is 3.06. The first-order valence-corrected chi connectivity index (χ1v) is 9.28. The van der Waals surface area contributed by atoms with E-state index in [1.807, 2.05) is 30.3 Å². The van der Waals surface area contributed by atoms with Crippen molar-refractivity contribution in [3.05, 3.63) is 30.1 Å². The van der Waals surface area contributed by atoms with E-state index in [0.717, 1.165) is 63.9 Å². The number of carbonyl (C=O) groups is 1. The molecule has 0 spiro atoms. The summed E-state index contributed by atoms with van der Waals surface area (Å²) in [5.41, 5.74) is 7.12. The number of aromatic nitrogens is 1. The van der Waals surface area contributed by atoms with E-state index in [9.17, 15) is 4.79 Å². The van der Waals surface area contributed by atoms with Crippen LogP contribution in [0.4, 0.5) is 0 Å². The predicted molar refractivity (Wildman–Crippen MR) is 110 cm³/mol. The SMILES string of the molecule is CN(C(=O)C1CCC(N)C1)C1CCN(CCc2ccccn2)CC1.Cl.Cl. The molecule has 2 N–H and O–H groups in total. The molecule has 0 bridgehead atoms. The summed E-state index contributed by atoms with van der Waals surface area (Å²) in [6.45, 7) is 3.19. The smallest absolute Gasteiger partial charge is 0.225 e. The number of hydrogen-bond donors (Lipinski definition) is 1. The Hall–Kier alpha value is -0.880. The van der Waals surface area contributed by atoms with Gasteiger partial charge >= 0.3 is 0 Å². The van der Waals surface area contributed by atoms with Gasteiger partial charge in [0.25, 0.3) is 0 Å². The van der Waals surface area contributed by atoms with Crippen LogP contribution in [0, 0.1) is 5.92 Å². The van der Waals surface area contributed by atoms with Gasteiger partial charge in [-0.05, 0) is 44.2 Å². The number of rotatable bonds is 5. The topological polar surface area (TPSA) is 62.5 Å². The van der Waals surface area contributed by atoms with Gasteiger partial charge in [-0.15, -0.1) is 24.8 Å². The maximum absolute atomic E-state index is 12.6. The molecule has 1 aromatic heterocycles. The Morgan fingerprint density at radius 1 is 1.23 bits per heavy atom. The summed E-state index contributed by atoms with van der Waals surface area (Å²) >= 11 is 0. The zero-order valence-corrected chi connectivity index (χ0v) is 17.2. The van der Waals surface area contributed by atoms with E-state index < -0.39 is 0 Å². The van der Waals surface area contributed by atoms with Crippen molar-refractivity contribution in [3.8, 4) is 0 Å². The third kappa shape index (κ3) is 6.08. The van der Waals surface area contributed by atoms with Gasteiger partial charge in [-0.2, -0.15) is 0 Å². The van der Waals surface area contributed by atoms with Gasteiger partial charge in [0.05, 0.1) is 0 Å². The maximum atomic E-state index is 12.6. The van der Waals surface area contributed by atoms with Crippen molar-refractivity contribution in [2.45, 2.75) is 50.6 Å². The summed E-state index contributed by atoms with van der Waals surface area (Å²) < 4.78 is 0. The van der Waals surface area contributed by atoms with Gasteiger partial charge in [0.15, 0.2) is 0 Å². The first kappa shape index (κ1) is 23.2. The van der Waals surface area contributed by atoms with E-state index in [1.165, 1.54) is 0 Å². The van der Waals surface area contributed by atoms with Crippen LogP contribution in [-0.4, -0.2) is 59.5 Å². The molecule has 1 saturated carbocycles. The quantitative estimate of drug-likeness (QED) is 0.821. The van der Waals surface area contributed by atoms with Crippen LogP contribution >= 0.6 is 24.8 Å². The van der Waals surface area contributed by atoms with Crippen LogP contribution in [0.1, 0.15) is 37.8 Å². The van der Waals surface area contributed by atoms with Gasteiger partial charge in [-0.3, -0.25) is 9.78 Å². The largest absolute Gasteiger partial charge is 0.342 e. The molecule has 2 heterocycles. The van der Waals surface area contributed by atoms with Crippen LogP contribution < -0.4 is 5.73 Å². The van der Waals surface area contributed by atoms with Gasteiger partial charge in [0.1, 0.15) is 0 Å². The average molecular weight is 403 g/mol. The molecular weight excluding hydrogens is 371 g/mol. The van der Waals surface area contributed by atoms with Crippen molar-refractivity contribution in [2.75, 3.05) is 26.7 Å². The summed E-state index contributed by atoms with van der Waals surface area (Å²) in [6, 6.07) is 6.70. The zero-order chi connectivity index (χ0) is 16.9. The number of halogens is 2. The molecule has 148 valence electrons. The first-order valence-electron chi connectivity index (χ1n) is 9.28. The number of nitrogens with two attached hydrogens (primary N) is 1. The van der Waals surface area contributed by atoms with E-state index in [2.05, 4.69) is 16.0 Å². The number of amides is 1. The lowest BCUT2D eigenvalue weighted by atomic mass is 10.00. The number of nitrogens with zero attached hydrogens (tertiary/aromatic N) is 3. The lowest BCUT2D eigenvalue weighted by molar-refractivity contribution is -0.137. The lowest BCUT2D eigenvalue weighted by Gasteiger charge is -2.37. The van der Waals surface area contributed by atoms with Gasteiger partial charge in [0.2, 0.25) is 5.91 Å². The van der Waals surface area contributed by atoms with Gasteiger partial charge in [-0.25, -0.2) is 0 Å². The van der Waals surface area contributed by atoms with Crippen molar-refractivity contribution in [3.63, 3.8) is 0 Å². The Bertz CT molecular complexity index is 538. The van der Waals surface area contributed by atoms with E-state index in [4.69, 9.17) is 5.73 Å². The molecule has 2 fully saturated rings. The molecule has 7 heteroatoms. The van der Waals surface area contributed by atoms with Crippen LogP contribution in [0.3, 0.4) is 0 Å². The Morgan fingerprint density at radius 3 is 2.54 bits per heavy atom.